The van der Waals surface area contributed by atoms with E-state index in [2.05, 4.69) is 12.2 Å². The highest BCUT2D eigenvalue weighted by Gasteiger charge is 2.44. The highest BCUT2D eigenvalue weighted by Crippen LogP contribution is 2.48. The third-order valence-corrected chi connectivity index (χ3v) is 3.93. The van der Waals surface area contributed by atoms with Crippen LogP contribution in [0.2, 0.25) is 0 Å². The molecule has 0 amide bonds. The molecular formula is C14H19F2N. The molecule has 0 spiro atoms. The van der Waals surface area contributed by atoms with E-state index in [1.165, 1.54) is 12.1 Å². The minimum Gasteiger partial charge on any atom is -0.319 e. The predicted octanol–water partition coefficient (Wildman–Crippen LogP) is 3.24. The largest absolute Gasteiger partial charge is 0.319 e. The van der Waals surface area contributed by atoms with E-state index >= 15 is 0 Å². The van der Waals surface area contributed by atoms with Gasteiger partial charge in [0.15, 0.2) is 0 Å². The first-order chi connectivity index (χ1) is 8.09. The van der Waals surface area contributed by atoms with Gasteiger partial charge in [-0.1, -0.05) is 13.3 Å². The van der Waals surface area contributed by atoms with Crippen LogP contribution in [-0.4, -0.2) is 13.6 Å². The van der Waals surface area contributed by atoms with Crippen LogP contribution in [-0.2, 0) is 5.41 Å². The molecule has 1 N–H and O–H groups in total. The molecular weight excluding hydrogens is 220 g/mol. The Morgan fingerprint density at radius 3 is 2.29 bits per heavy atom. The molecule has 0 radical (unpaired) electrons. The van der Waals surface area contributed by atoms with E-state index in [1.807, 2.05) is 7.05 Å². The summed E-state index contributed by atoms with van der Waals surface area (Å²) < 4.78 is 26.6. The zero-order chi connectivity index (χ0) is 12.5. The van der Waals surface area contributed by atoms with Crippen molar-refractivity contribution in [1.29, 1.82) is 0 Å². The fourth-order valence-electron chi connectivity index (χ4n) is 3.01. The Hall–Kier alpha value is -0.960. The average molecular weight is 239 g/mol. The van der Waals surface area contributed by atoms with E-state index in [0.29, 0.717) is 5.92 Å². The highest BCUT2D eigenvalue weighted by atomic mass is 19.1. The van der Waals surface area contributed by atoms with Gasteiger partial charge in [0.2, 0.25) is 0 Å². The Bertz CT molecular complexity index is 377. The molecule has 1 aromatic rings. The molecule has 1 aliphatic rings. The van der Waals surface area contributed by atoms with Gasteiger partial charge in [-0.2, -0.15) is 0 Å². The lowest BCUT2D eigenvalue weighted by atomic mass is 9.58. The van der Waals surface area contributed by atoms with E-state index in [4.69, 9.17) is 0 Å². The van der Waals surface area contributed by atoms with Gasteiger partial charge in [-0.05, 0) is 43.5 Å². The lowest BCUT2D eigenvalue weighted by Gasteiger charge is -2.48. The van der Waals surface area contributed by atoms with Crippen LogP contribution in [0.1, 0.15) is 31.7 Å². The van der Waals surface area contributed by atoms with E-state index in [0.717, 1.165) is 37.4 Å². The summed E-state index contributed by atoms with van der Waals surface area (Å²) >= 11 is 0. The molecule has 1 aliphatic carbocycles. The monoisotopic (exact) mass is 239 g/mol. The van der Waals surface area contributed by atoms with Crippen molar-refractivity contribution in [2.24, 2.45) is 5.92 Å². The normalized spacial score (nSPS) is 27.9. The van der Waals surface area contributed by atoms with Crippen LogP contribution in [0.4, 0.5) is 8.78 Å². The quantitative estimate of drug-likeness (QED) is 0.850. The van der Waals surface area contributed by atoms with Gasteiger partial charge < -0.3 is 5.32 Å². The van der Waals surface area contributed by atoms with Gasteiger partial charge in [0.05, 0.1) is 0 Å². The Morgan fingerprint density at radius 2 is 1.82 bits per heavy atom. The summed E-state index contributed by atoms with van der Waals surface area (Å²) in [5.74, 6) is -0.263. The lowest BCUT2D eigenvalue weighted by Crippen LogP contribution is -2.47. The summed E-state index contributed by atoms with van der Waals surface area (Å²) in [6, 6.07) is 3.89. The van der Waals surface area contributed by atoms with Gasteiger partial charge in [-0.25, -0.2) is 8.78 Å². The highest BCUT2D eigenvalue weighted by molar-refractivity contribution is 5.30. The molecule has 3 heteroatoms. The molecule has 17 heavy (non-hydrogen) atoms. The van der Waals surface area contributed by atoms with Gasteiger partial charge in [-0.3, -0.25) is 0 Å². The topological polar surface area (TPSA) is 12.0 Å². The predicted molar refractivity (Wildman–Crippen MR) is 65.0 cm³/mol. The minimum absolute atomic E-state index is 0.0711. The molecule has 2 rings (SSSR count). The van der Waals surface area contributed by atoms with Gasteiger partial charge in [0.1, 0.15) is 11.6 Å². The first kappa shape index (κ1) is 12.5. The van der Waals surface area contributed by atoms with Crippen molar-refractivity contribution < 1.29 is 8.78 Å². The molecule has 1 saturated carbocycles. The molecule has 0 atom stereocenters. The summed E-state index contributed by atoms with van der Waals surface area (Å²) in [5, 5.41) is 3.15. The van der Waals surface area contributed by atoms with E-state index < -0.39 is 11.6 Å². The van der Waals surface area contributed by atoms with Crippen LogP contribution in [0.5, 0.6) is 0 Å². The van der Waals surface area contributed by atoms with Crippen LogP contribution < -0.4 is 5.32 Å². The molecule has 0 aromatic heterocycles. The smallest absolute Gasteiger partial charge is 0.126 e. The molecule has 0 aliphatic heterocycles. The Balaban J connectivity index is 2.27. The molecule has 0 saturated heterocycles. The maximum absolute atomic E-state index is 13.3. The first-order valence-corrected chi connectivity index (χ1v) is 6.21. The van der Waals surface area contributed by atoms with E-state index in [-0.39, 0.29) is 5.41 Å². The first-order valence-electron chi connectivity index (χ1n) is 6.21. The van der Waals surface area contributed by atoms with Crippen molar-refractivity contribution in [3.8, 4) is 0 Å². The Kier molecular flexibility index (Phi) is 3.48. The summed E-state index contributed by atoms with van der Waals surface area (Å²) in [4.78, 5) is 0. The molecule has 1 fully saturated rings. The molecule has 0 heterocycles. The second-order valence-corrected chi connectivity index (χ2v) is 5.15. The van der Waals surface area contributed by atoms with Crippen LogP contribution in [0.3, 0.4) is 0 Å². The van der Waals surface area contributed by atoms with Gasteiger partial charge >= 0.3 is 0 Å². The third-order valence-electron chi connectivity index (χ3n) is 3.93. The second-order valence-electron chi connectivity index (χ2n) is 5.15. The average Bonchev–Trinajstić information content (AvgIpc) is 2.21. The van der Waals surface area contributed by atoms with Crippen molar-refractivity contribution in [3.05, 3.63) is 35.4 Å². The fourth-order valence-corrected chi connectivity index (χ4v) is 3.01. The Labute approximate surface area is 101 Å². The lowest BCUT2D eigenvalue weighted by molar-refractivity contribution is 0.135. The maximum Gasteiger partial charge on any atom is 0.126 e. The van der Waals surface area contributed by atoms with Crippen LogP contribution in [0, 0.1) is 17.6 Å². The molecule has 1 aromatic carbocycles. The van der Waals surface area contributed by atoms with Crippen LogP contribution in [0.15, 0.2) is 18.2 Å². The van der Waals surface area contributed by atoms with E-state index in [9.17, 15) is 8.78 Å². The van der Waals surface area contributed by atoms with Gasteiger partial charge in [-0.15, -0.1) is 0 Å². The second kappa shape index (κ2) is 4.73. The number of rotatable bonds is 4. The van der Waals surface area contributed by atoms with Gasteiger partial charge in [0.25, 0.3) is 0 Å². The van der Waals surface area contributed by atoms with Crippen molar-refractivity contribution in [2.75, 3.05) is 13.6 Å². The molecule has 1 nitrogen and oxygen atoms in total. The van der Waals surface area contributed by atoms with Crippen molar-refractivity contribution in [1.82, 2.24) is 5.32 Å². The number of nitrogens with one attached hydrogen (secondary N) is 1. The fraction of sp³-hybridized carbons (Fsp3) is 0.571. The van der Waals surface area contributed by atoms with Crippen LogP contribution in [0.25, 0.3) is 0 Å². The van der Waals surface area contributed by atoms with E-state index in [1.54, 1.807) is 0 Å². The summed E-state index contributed by atoms with van der Waals surface area (Å²) in [7, 11) is 1.89. The summed E-state index contributed by atoms with van der Waals surface area (Å²) in [6.45, 7) is 2.95. The number of hydrogen-bond donors (Lipinski definition) is 1. The zero-order valence-electron chi connectivity index (χ0n) is 10.4. The maximum atomic E-state index is 13.3. The van der Waals surface area contributed by atoms with Crippen molar-refractivity contribution in [3.63, 3.8) is 0 Å². The molecule has 0 bridgehead atoms. The SMILES string of the molecule is CCC1CC(CNC)(c2cc(F)cc(F)c2)C1. The van der Waals surface area contributed by atoms with Gasteiger partial charge in [0, 0.05) is 18.0 Å². The van der Waals surface area contributed by atoms with Crippen molar-refractivity contribution >= 4 is 0 Å². The minimum atomic E-state index is -0.476. The Morgan fingerprint density at radius 1 is 1.24 bits per heavy atom. The zero-order valence-corrected chi connectivity index (χ0v) is 10.4. The summed E-state index contributed by atoms with van der Waals surface area (Å²) in [5.41, 5.74) is 0.729. The number of likely N-dealkylation sites (N-methyl/N-ethyl adjacent to an activating group) is 1. The number of hydrogen-bond acceptors (Lipinski definition) is 1. The standard InChI is InChI=1S/C14H19F2N/c1-3-10-7-14(8-10,9-17-2)11-4-12(15)6-13(16)5-11/h4-6,10,17H,3,7-9H2,1-2H3. The number of benzene rings is 1. The molecule has 0 unspecified atom stereocenters. The number of halogens is 2. The summed E-state index contributed by atoms with van der Waals surface area (Å²) in [6.07, 6.45) is 3.18. The van der Waals surface area contributed by atoms with Crippen LogP contribution >= 0.6 is 0 Å². The third kappa shape index (κ3) is 2.34. The van der Waals surface area contributed by atoms with Crippen molar-refractivity contribution in [2.45, 2.75) is 31.6 Å². The molecule has 94 valence electrons.